The first kappa shape index (κ1) is 13.6. The third-order valence-corrected chi connectivity index (χ3v) is 3.80. The minimum atomic E-state index is -0.342. The molecule has 2 N–H and O–H groups in total. The molecule has 2 aromatic heterocycles. The molecule has 1 aliphatic heterocycles. The Hall–Kier alpha value is -2.37. The van der Waals surface area contributed by atoms with Gasteiger partial charge in [0.15, 0.2) is 0 Å². The minimum absolute atomic E-state index is 0.00155. The van der Waals surface area contributed by atoms with Crippen molar-refractivity contribution in [1.29, 1.82) is 0 Å². The van der Waals surface area contributed by atoms with E-state index in [0.717, 1.165) is 18.9 Å². The molecule has 0 spiro atoms. The molecular formula is C15H18N4O2. The van der Waals surface area contributed by atoms with Gasteiger partial charge in [0, 0.05) is 24.7 Å². The molecule has 0 aromatic carbocycles. The van der Waals surface area contributed by atoms with Crippen molar-refractivity contribution in [2.75, 3.05) is 18.0 Å². The van der Waals surface area contributed by atoms with Gasteiger partial charge in [-0.3, -0.25) is 4.79 Å². The van der Waals surface area contributed by atoms with Gasteiger partial charge in [-0.05, 0) is 19.3 Å². The number of aromatic amines is 1. The van der Waals surface area contributed by atoms with Crippen LogP contribution in [0.5, 0.6) is 5.75 Å². The number of H-pyrrole nitrogens is 1. The average molecular weight is 286 g/mol. The Balaban J connectivity index is 1.99. The van der Waals surface area contributed by atoms with Crippen molar-refractivity contribution >= 4 is 5.82 Å². The van der Waals surface area contributed by atoms with E-state index in [9.17, 15) is 9.90 Å². The van der Waals surface area contributed by atoms with Crippen molar-refractivity contribution < 1.29 is 5.11 Å². The number of hydrogen-bond donors (Lipinski definition) is 2. The van der Waals surface area contributed by atoms with Crippen LogP contribution in [0.15, 0.2) is 23.3 Å². The van der Waals surface area contributed by atoms with Crippen LogP contribution in [0.2, 0.25) is 0 Å². The third-order valence-electron chi connectivity index (χ3n) is 3.80. The first-order valence-corrected chi connectivity index (χ1v) is 7.21. The quantitative estimate of drug-likeness (QED) is 0.897. The van der Waals surface area contributed by atoms with Crippen LogP contribution in [0.4, 0.5) is 5.82 Å². The van der Waals surface area contributed by atoms with Crippen LogP contribution in [0, 0.1) is 0 Å². The average Bonchev–Trinajstić information content (AvgIpc) is 3.01. The molecule has 3 heterocycles. The molecule has 0 atom stereocenters. The van der Waals surface area contributed by atoms with Crippen LogP contribution in [0.1, 0.15) is 25.3 Å². The van der Waals surface area contributed by atoms with Crippen molar-refractivity contribution in [3.8, 4) is 17.1 Å². The zero-order chi connectivity index (χ0) is 14.8. The number of aromatic nitrogens is 3. The van der Waals surface area contributed by atoms with Gasteiger partial charge in [0.2, 0.25) is 0 Å². The molecule has 0 unspecified atom stereocenters. The molecule has 0 aliphatic carbocycles. The lowest BCUT2D eigenvalue weighted by Crippen LogP contribution is -2.19. The summed E-state index contributed by atoms with van der Waals surface area (Å²) in [4.78, 5) is 25.3. The Bertz CT molecular complexity index is 688. The molecule has 6 nitrogen and oxygen atoms in total. The van der Waals surface area contributed by atoms with Crippen LogP contribution in [0.25, 0.3) is 11.4 Å². The highest BCUT2D eigenvalue weighted by molar-refractivity contribution is 5.62. The normalized spacial score (nSPS) is 14.6. The van der Waals surface area contributed by atoms with E-state index in [1.165, 1.54) is 18.9 Å². The Morgan fingerprint density at radius 3 is 2.67 bits per heavy atom. The molecule has 1 aliphatic rings. The fourth-order valence-electron chi connectivity index (χ4n) is 2.71. The molecule has 6 heteroatoms. The van der Waals surface area contributed by atoms with Gasteiger partial charge in [0.25, 0.3) is 5.56 Å². The topological polar surface area (TPSA) is 82.1 Å². The van der Waals surface area contributed by atoms with Gasteiger partial charge in [0.1, 0.15) is 17.3 Å². The summed E-state index contributed by atoms with van der Waals surface area (Å²) < 4.78 is 0. The second kappa shape index (κ2) is 5.55. The molecule has 3 rings (SSSR count). The van der Waals surface area contributed by atoms with Gasteiger partial charge < -0.3 is 15.0 Å². The predicted molar refractivity (Wildman–Crippen MR) is 80.6 cm³/mol. The SMILES string of the molecule is CCc1c(O)cc(=O)[nH]c1-c1cnc(N2CCCC2)cn1. The van der Waals surface area contributed by atoms with E-state index in [0.29, 0.717) is 23.4 Å². The smallest absolute Gasteiger partial charge is 0.252 e. The van der Waals surface area contributed by atoms with E-state index in [2.05, 4.69) is 19.9 Å². The molecule has 110 valence electrons. The first-order valence-electron chi connectivity index (χ1n) is 7.21. The zero-order valence-electron chi connectivity index (χ0n) is 12.0. The number of nitrogens with one attached hydrogen (secondary N) is 1. The molecule has 0 bridgehead atoms. The van der Waals surface area contributed by atoms with Crippen LogP contribution in [-0.4, -0.2) is 33.1 Å². The van der Waals surface area contributed by atoms with Crippen molar-refractivity contribution in [3.05, 3.63) is 34.4 Å². The summed E-state index contributed by atoms with van der Waals surface area (Å²) in [5, 5.41) is 9.88. The molecule has 0 amide bonds. The Morgan fingerprint density at radius 2 is 2.05 bits per heavy atom. The summed E-state index contributed by atoms with van der Waals surface area (Å²) in [6.45, 7) is 3.94. The molecule has 0 saturated carbocycles. The maximum absolute atomic E-state index is 11.6. The molecular weight excluding hydrogens is 268 g/mol. The van der Waals surface area contributed by atoms with Gasteiger partial charge in [0.05, 0.1) is 18.1 Å². The zero-order valence-corrected chi connectivity index (χ0v) is 12.0. The van der Waals surface area contributed by atoms with Crippen molar-refractivity contribution in [2.45, 2.75) is 26.2 Å². The molecule has 1 fully saturated rings. The summed E-state index contributed by atoms with van der Waals surface area (Å²) in [7, 11) is 0. The van der Waals surface area contributed by atoms with Gasteiger partial charge >= 0.3 is 0 Å². The molecule has 1 saturated heterocycles. The van der Waals surface area contributed by atoms with Crippen molar-refractivity contribution in [1.82, 2.24) is 15.0 Å². The van der Waals surface area contributed by atoms with E-state index in [-0.39, 0.29) is 11.3 Å². The monoisotopic (exact) mass is 286 g/mol. The predicted octanol–water partition coefficient (Wildman–Crippen LogP) is 1.70. The number of nitrogens with zero attached hydrogens (tertiary/aromatic N) is 3. The van der Waals surface area contributed by atoms with Crippen molar-refractivity contribution in [2.24, 2.45) is 0 Å². The number of rotatable bonds is 3. The van der Waals surface area contributed by atoms with Crippen LogP contribution in [0.3, 0.4) is 0 Å². The largest absolute Gasteiger partial charge is 0.507 e. The number of hydrogen-bond acceptors (Lipinski definition) is 5. The lowest BCUT2D eigenvalue weighted by Gasteiger charge is -2.16. The highest BCUT2D eigenvalue weighted by Crippen LogP contribution is 2.26. The molecule has 21 heavy (non-hydrogen) atoms. The number of pyridine rings is 1. The minimum Gasteiger partial charge on any atom is -0.507 e. The lowest BCUT2D eigenvalue weighted by molar-refractivity contribution is 0.467. The summed E-state index contributed by atoms with van der Waals surface area (Å²) in [5.74, 6) is 0.860. The standard InChI is InChI=1S/C15H18N4O2/c1-2-10-12(20)7-14(21)18-15(10)11-8-17-13(9-16-11)19-5-3-4-6-19/h7-9H,2-6H2,1H3,(H2,18,20,21). The maximum Gasteiger partial charge on any atom is 0.252 e. The second-order valence-electron chi connectivity index (χ2n) is 5.18. The van der Waals surface area contributed by atoms with E-state index < -0.39 is 0 Å². The molecule has 2 aromatic rings. The van der Waals surface area contributed by atoms with Crippen LogP contribution in [-0.2, 0) is 6.42 Å². The van der Waals surface area contributed by atoms with E-state index in [1.54, 1.807) is 12.4 Å². The van der Waals surface area contributed by atoms with Crippen molar-refractivity contribution in [3.63, 3.8) is 0 Å². The summed E-state index contributed by atoms with van der Waals surface area (Å²) in [5.41, 5.74) is 1.45. The van der Waals surface area contributed by atoms with E-state index in [1.807, 2.05) is 6.92 Å². The van der Waals surface area contributed by atoms with Crippen LogP contribution < -0.4 is 10.5 Å². The van der Waals surface area contributed by atoms with E-state index >= 15 is 0 Å². The first-order chi connectivity index (χ1) is 10.2. The van der Waals surface area contributed by atoms with Gasteiger partial charge in [-0.25, -0.2) is 9.97 Å². The number of anilines is 1. The maximum atomic E-state index is 11.6. The van der Waals surface area contributed by atoms with E-state index in [4.69, 9.17) is 0 Å². The summed E-state index contributed by atoms with van der Waals surface area (Å²) >= 11 is 0. The lowest BCUT2D eigenvalue weighted by atomic mass is 10.1. The molecule has 0 radical (unpaired) electrons. The van der Waals surface area contributed by atoms with Gasteiger partial charge in [-0.15, -0.1) is 0 Å². The highest BCUT2D eigenvalue weighted by Gasteiger charge is 2.16. The Labute approximate surface area is 122 Å². The van der Waals surface area contributed by atoms with Gasteiger partial charge in [-0.1, -0.05) is 6.92 Å². The Kier molecular flexibility index (Phi) is 3.60. The van der Waals surface area contributed by atoms with Crippen LogP contribution >= 0.6 is 0 Å². The third kappa shape index (κ3) is 2.61. The van der Waals surface area contributed by atoms with Gasteiger partial charge in [-0.2, -0.15) is 0 Å². The fraction of sp³-hybridized carbons (Fsp3) is 0.400. The summed E-state index contributed by atoms with van der Waals surface area (Å²) in [6.07, 6.45) is 6.35. The second-order valence-corrected chi connectivity index (χ2v) is 5.18. The highest BCUT2D eigenvalue weighted by atomic mass is 16.3. The number of aromatic hydroxyl groups is 1. The Morgan fingerprint density at radius 1 is 1.29 bits per heavy atom. The summed E-state index contributed by atoms with van der Waals surface area (Å²) in [6, 6.07) is 1.19. The fourth-order valence-corrected chi connectivity index (χ4v) is 2.71.